The third-order valence-electron chi connectivity index (χ3n) is 7.64. The topological polar surface area (TPSA) is 136 Å². The maximum atomic E-state index is 15.6. The summed E-state index contributed by atoms with van der Waals surface area (Å²) in [7, 11) is 2.75. The number of carbonyl (C=O) groups is 4. The van der Waals surface area contributed by atoms with E-state index in [-0.39, 0.29) is 87.2 Å². The molecule has 1 saturated carbocycles. The van der Waals surface area contributed by atoms with E-state index in [1.54, 1.807) is 12.1 Å². The number of halogens is 2. The number of thiophene rings is 2. The number of ketones is 2. The summed E-state index contributed by atoms with van der Waals surface area (Å²) >= 11 is 2.12. The number of ether oxygens (including phenoxy) is 3. The van der Waals surface area contributed by atoms with Crippen LogP contribution in [0.3, 0.4) is 0 Å². The van der Waals surface area contributed by atoms with E-state index < -0.39 is 41.3 Å². The lowest BCUT2D eigenvalue weighted by molar-refractivity contribution is -0.141. The molecule has 5 rings (SSSR count). The summed E-state index contributed by atoms with van der Waals surface area (Å²) in [6.07, 6.45) is 0.483. The van der Waals surface area contributed by atoms with E-state index in [0.29, 0.717) is 9.40 Å². The van der Waals surface area contributed by atoms with Gasteiger partial charge in [-0.15, -0.1) is 22.7 Å². The Bertz CT molecular complexity index is 1810. The molecule has 0 saturated heterocycles. The zero-order valence-electron chi connectivity index (χ0n) is 23.9. The van der Waals surface area contributed by atoms with Crippen LogP contribution in [0.25, 0.3) is 20.2 Å². The Balaban J connectivity index is 1.31. The highest BCUT2D eigenvalue weighted by atomic mass is 32.1. The van der Waals surface area contributed by atoms with Gasteiger partial charge in [0.05, 0.1) is 42.4 Å². The SMILES string of the molecule is COc1cc2sc(C(=O)CC(C)C(=O)O)cc2c(F)c1CCCOc1c(OC)cc2sc(C(=O)[C@@H]3C[C@H]3C(=O)O)cc2c1F. The van der Waals surface area contributed by atoms with E-state index >= 15 is 8.78 Å². The number of aliphatic carboxylic acids is 2. The number of hydrogen-bond acceptors (Lipinski definition) is 9. The first kappa shape index (κ1) is 31.3. The summed E-state index contributed by atoms with van der Waals surface area (Å²) in [5.41, 5.74) is 0.253. The second kappa shape index (κ2) is 12.5. The van der Waals surface area contributed by atoms with E-state index in [2.05, 4.69) is 0 Å². The fraction of sp³-hybridized carbons (Fsp3) is 0.355. The summed E-state index contributed by atoms with van der Waals surface area (Å²) in [6.45, 7) is 1.42. The number of carboxylic acids is 2. The van der Waals surface area contributed by atoms with Gasteiger partial charge in [-0.1, -0.05) is 6.92 Å². The normalized spacial score (nSPS) is 16.6. The maximum Gasteiger partial charge on any atom is 0.307 e. The first-order chi connectivity index (χ1) is 20.9. The van der Waals surface area contributed by atoms with Gasteiger partial charge in [0.2, 0.25) is 0 Å². The second-order valence-corrected chi connectivity index (χ2v) is 12.8. The summed E-state index contributed by atoms with van der Waals surface area (Å²) in [4.78, 5) is 48.1. The van der Waals surface area contributed by atoms with Gasteiger partial charge in [0.15, 0.2) is 28.9 Å². The quantitative estimate of drug-likeness (QED) is 0.114. The van der Waals surface area contributed by atoms with Crippen LogP contribution in [0.5, 0.6) is 17.2 Å². The Hall–Kier alpha value is -4.10. The first-order valence-corrected chi connectivity index (χ1v) is 15.3. The number of methoxy groups -OCH3 is 2. The molecule has 3 atom stereocenters. The fourth-order valence-electron chi connectivity index (χ4n) is 5.05. The van der Waals surface area contributed by atoms with Gasteiger partial charge in [-0.2, -0.15) is 0 Å². The van der Waals surface area contributed by atoms with E-state index in [4.69, 9.17) is 24.4 Å². The second-order valence-electron chi connectivity index (χ2n) is 10.6. The minimum Gasteiger partial charge on any atom is -0.496 e. The Morgan fingerprint density at radius 1 is 0.909 bits per heavy atom. The molecule has 0 radical (unpaired) electrons. The van der Waals surface area contributed by atoms with Crippen LogP contribution in [-0.2, 0) is 16.0 Å². The molecule has 0 spiro atoms. The van der Waals surface area contributed by atoms with Crippen molar-refractivity contribution in [2.75, 3.05) is 20.8 Å². The number of hydrogen-bond donors (Lipinski definition) is 2. The van der Waals surface area contributed by atoms with Crippen molar-refractivity contribution in [1.82, 2.24) is 0 Å². The molecule has 2 N–H and O–H groups in total. The highest BCUT2D eigenvalue weighted by Crippen LogP contribution is 2.45. The molecular formula is C31H28F2O9S2. The van der Waals surface area contributed by atoms with Crippen LogP contribution in [0.2, 0.25) is 0 Å². The number of carboxylic acid groups (broad SMARTS) is 2. The van der Waals surface area contributed by atoms with Crippen molar-refractivity contribution in [3.63, 3.8) is 0 Å². The summed E-state index contributed by atoms with van der Waals surface area (Å²) < 4.78 is 48.6. The molecule has 0 amide bonds. The Morgan fingerprint density at radius 2 is 1.52 bits per heavy atom. The molecule has 0 aliphatic heterocycles. The molecule has 232 valence electrons. The van der Waals surface area contributed by atoms with Gasteiger partial charge in [-0.25, -0.2) is 8.78 Å². The number of rotatable bonds is 14. The van der Waals surface area contributed by atoms with E-state index in [0.717, 1.165) is 22.7 Å². The predicted molar refractivity (Wildman–Crippen MR) is 160 cm³/mol. The average Bonchev–Trinajstić information content (AvgIpc) is 3.49. The minimum absolute atomic E-state index is 0.0157. The highest BCUT2D eigenvalue weighted by Gasteiger charge is 2.48. The molecule has 1 unspecified atom stereocenters. The van der Waals surface area contributed by atoms with Crippen LogP contribution in [0, 0.1) is 29.4 Å². The molecule has 13 heteroatoms. The van der Waals surface area contributed by atoms with Crippen LogP contribution >= 0.6 is 22.7 Å². The minimum atomic E-state index is -1.09. The van der Waals surface area contributed by atoms with Crippen LogP contribution in [0.4, 0.5) is 8.78 Å². The van der Waals surface area contributed by atoms with Gasteiger partial charge in [0.25, 0.3) is 0 Å². The third-order valence-corrected chi connectivity index (χ3v) is 9.86. The van der Waals surface area contributed by atoms with Crippen molar-refractivity contribution in [1.29, 1.82) is 0 Å². The van der Waals surface area contributed by atoms with Crippen molar-refractivity contribution in [3.05, 3.63) is 51.2 Å². The molecule has 1 aliphatic carbocycles. The van der Waals surface area contributed by atoms with E-state index in [1.807, 2.05) is 0 Å². The zero-order chi connectivity index (χ0) is 31.9. The lowest BCUT2D eigenvalue weighted by Crippen LogP contribution is -2.13. The third kappa shape index (κ3) is 5.98. The van der Waals surface area contributed by atoms with Crippen molar-refractivity contribution in [3.8, 4) is 17.2 Å². The molecule has 9 nitrogen and oxygen atoms in total. The molecule has 2 heterocycles. The largest absolute Gasteiger partial charge is 0.496 e. The number of carbonyl (C=O) groups excluding carboxylic acids is 2. The number of fused-ring (bicyclic) bond motifs is 2. The molecule has 2 aromatic carbocycles. The van der Waals surface area contributed by atoms with Gasteiger partial charge in [0.1, 0.15) is 11.6 Å². The van der Waals surface area contributed by atoms with Gasteiger partial charge in [0, 0.05) is 44.1 Å². The Labute approximate surface area is 258 Å². The van der Waals surface area contributed by atoms with Gasteiger partial charge >= 0.3 is 11.9 Å². The maximum absolute atomic E-state index is 15.6. The molecule has 1 aliphatic rings. The van der Waals surface area contributed by atoms with Crippen LogP contribution < -0.4 is 14.2 Å². The van der Waals surface area contributed by atoms with Crippen LogP contribution in [0.1, 0.15) is 51.1 Å². The molecular weight excluding hydrogens is 618 g/mol. The average molecular weight is 647 g/mol. The lowest BCUT2D eigenvalue weighted by Gasteiger charge is -2.14. The molecule has 0 bridgehead atoms. The molecule has 44 heavy (non-hydrogen) atoms. The Morgan fingerprint density at radius 3 is 2.14 bits per heavy atom. The Kier molecular flexibility index (Phi) is 8.89. The number of benzene rings is 2. The predicted octanol–water partition coefficient (Wildman–Crippen LogP) is 6.62. The molecule has 4 aromatic rings. The van der Waals surface area contributed by atoms with Crippen molar-refractivity contribution >= 4 is 66.4 Å². The standard InChI is InChI=1S/C31H28F2O9S2/c1-13(30(36)37)7-19(34)24-9-17-22(43-24)11-20(40-2)14(26(17)32)5-4-6-42-29-21(41-3)12-23-18(27(29)33)10-25(44-23)28(35)15-8-16(15)31(38)39/h9-13,15-16H,4-8H2,1-3H3,(H,36,37)(H,38,39)/t13?,15-,16-/m1/s1. The summed E-state index contributed by atoms with van der Waals surface area (Å²) in [5, 5.41) is 18.6. The van der Waals surface area contributed by atoms with Crippen LogP contribution in [-0.4, -0.2) is 54.5 Å². The van der Waals surface area contributed by atoms with Gasteiger partial charge in [-0.05, 0) is 37.5 Å². The van der Waals surface area contributed by atoms with E-state index in [9.17, 15) is 19.2 Å². The molecule has 1 fully saturated rings. The lowest BCUT2D eigenvalue weighted by atomic mass is 10.0. The number of Topliss-reactive ketones (excluding diaryl/α,β-unsaturated/α-hetero) is 2. The fourth-order valence-corrected chi connectivity index (χ4v) is 7.17. The van der Waals surface area contributed by atoms with Gasteiger partial charge in [-0.3, -0.25) is 19.2 Å². The molecule has 2 aromatic heterocycles. The van der Waals surface area contributed by atoms with Crippen molar-refractivity contribution < 1.29 is 52.4 Å². The van der Waals surface area contributed by atoms with Crippen molar-refractivity contribution in [2.24, 2.45) is 17.8 Å². The van der Waals surface area contributed by atoms with Crippen molar-refractivity contribution in [2.45, 2.75) is 32.6 Å². The highest BCUT2D eigenvalue weighted by molar-refractivity contribution is 7.21. The van der Waals surface area contributed by atoms with Gasteiger partial charge < -0.3 is 24.4 Å². The smallest absolute Gasteiger partial charge is 0.307 e. The monoisotopic (exact) mass is 646 g/mol. The van der Waals surface area contributed by atoms with Crippen LogP contribution in [0.15, 0.2) is 24.3 Å². The zero-order valence-corrected chi connectivity index (χ0v) is 25.5. The van der Waals surface area contributed by atoms with E-state index in [1.165, 1.54) is 33.3 Å². The summed E-state index contributed by atoms with van der Waals surface area (Å²) in [5.74, 6) is -6.09. The first-order valence-electron chi connectivity index (χ1n) is 13.7. The summed E-state index contributed by atoms with van der Waals surface area (Å²) in [6, 6.07) is 6.01.